The van der Waals surface area contributed by atoms with Crippen LogP contribution in [0.2, 0.25) is 0 Å². The van der Waals surface area contributed by atoms with Crippen LogP contribution in [0.15, 0.2) is 76.4 Å². The van der Waals surface area contributed by atoms with Gasteiger partial charge in [0.2, 0.25) is 0 Å². The molecule has 7 nitrogen and oxygen atoms in total. The topological polar surface area (TPSA) is 81.3 Å². The van der Waals surface area contributed by atoms with E-state index in [4.69, 9.17) is 13.9 Å². The first-order chi connectivity index (χ1) is 15.5. The summed E-state index contributed by atoms with van der Waals surface area (Å²) < 4.78 is 16.2. The predicted octanol–water partition coefficient (Wildman–Crippen LogP) is 4.20. The maximum Gasteiger partial charge on any atom is 0.344 e. The van der Waals surface area contributed by atoms with Crippen LogP contribution in [0.3, 0.4) is 0 Å². The molecule has 2 aromatic carbocycles. The van der Waals surface area contributed by atoms with E-state index >= 15 is 0 Å². The van der Waals surface area contributed by atoms with Gasteiger partial charge in [-0.2, -0.15) is 5.10 Å². The van der Waals surface area contributed by atoms with E-state index in [-0.39, 0.29) is 6.61 Å². The van der Waals surface area contributed by atoms with Crippen molar-refractivity contribution in [1.29, 1.82) is 0 Å². The normalized spacial score (nSPS) is 15.4. The second-order valence-electron chi connectivity index (χ2n) is 7.60. The molecule has 0 fully saturated rings. The van der Waals surface area contributed by atoms with Gasteiger partial charge in [0.05, 0.1) is 12.0 Å². The average molecular weight is 432 g/mol. The minimum absolute atomic E-state index is 0.280. The molecule has 1 aromatic heterocycles. The van der Waals surface area contributed by atoms with Crippen LogP contribution in [0.4, 0.5) is 0 Å². The van der Waals surface area contributed by atoms with Crippen molar-refractivity contribution in [3.8, 4) is 5.75 Å². The lowest BCUT2D eigenvalue weighted by molar-refractivity contribution is -0.154. The molecule has 2 heterocycles. The fraction of sp³-hybridized carbons (Fsp3) is 0.240. The van der Waals surface area contributed by atoms with Gasteiger partial charge in [0.1, 0.15) is 17.6 Å². The highest BCUT2D eigenvalue weighted by atomic mass is 16.6. The second kappa shape index (κ2) is 9.51. The van der Waals surface area contributed by atoms with Crippen molar-refractivity contribution in [2.45, 2.75) is 26.3 Å². The minimum Gasteiger partial charge on any atom is -0.482 e. The molecule has 1 amide bonds. The quantitative estimate of drug-likeness (QED) is 0.523. The molecule has 0 radical (unpaired) electrons. The number of ether oxygens (including phenoxy) is 2. The molecule has 32 heavy (non-hydrogen) atoms. The number of amides is 1. The van der Waals surface area contributed by atoms with Crippen molar-refractivity contribution in [1.82, 2.24) is 5.01 Å². The summed E-state index contributed by atoms with van der Waals surface area (Å²) in [5.74, 6) is 0.162. The molecule has 1 aliphatic heterocycles. The van der Waals surface area contributed by atoms with Crippen LogP contribution in [0.25, 0.3) is 0 Å². The highest BCUT2D eigenvalue weighted by Crippen LogP contribution is 2.33. The molecular weight excluding hydrogens is 408 g/mol. The summed E-state index contributed by atoms with van der Waals surface area (Å²) in [5.41, 5.74) is 3.76. The number of furan rings is 1. The van der Waals surface area contributed by atoms with Crippen molar-refractivity contribution in [2.75, 3.05) is 13.2 Å². The van der Waals surface area contributed by atoms with Gasteiger partial charge in [-0.05, 0) is 43.2 Å². The number of rotatable bonds is 7. The van der Waals surface area contributed by atoms with Crippen LogP contribution in [0.1, 0.15) is 34.9 Å². The molecular formula is C25H24N2O5. The zero-order chi connectivity index (χ0) is 22.5. The molecule has 3 aromatic rings. The molecule has 4 rings (SSSR count). The number of nitrogens with zero attached hydrogens (tertiary/aromatic N) is 2. The third-order valence-electron chi connectivity index (χ3n) is 5.22. The van der Waals surface area contributed by atoms with Gasteiger partial charge >= 0.3 is 5.97 Å². The van der Waals surface area contributed by atoms with E-state index < -0.39 is 24.5 Å². The smallest absolute Gasteiger partial charge is 0.344 e. The van der Waals surface area contributed by atoms with Crippen LogP contribution >= 0.6 is 0 Å². The maximum absolute atomic E-state index is 12.9. The Hall–Kier alpha value is -3.87. The van der Waals surface area contributed by atoms with E-state index in [1.54, 1.807) is 24.5 Å². The SMILES string of the molecule is Cc1ccc(C2=NN(C(=O)COC(=O)COc3ccccc3C)[C@H](c3ccco3)C2)cc1. The Kier molecular flexibility index (Phi) is 6.35. The van der Waals surface area contributed by atoms with Crippen LogP contribution in [-0.4, -0.2) is 35.8 Å². The monoisotopic (exact) mass is 432 g/mol. The standard InChI is InChI=1S/C25H24N2O5/c1-17-9-11-19(12-10-17)20-14-21(23-8-5-13-30-23)27(26-20)24(28)15-32-25(29)16-31-22-7-4-3-6-18(22)2/h3-13,21H,14-16H2,1-2H3/t21-/m0/s1. The lowest BCUT2D eigenvalue weighted by Crippen LogP contribution is -2.32. The van der Waals surface area contributed by atoms with Gasteiger partial charge in [-0.15, -0.1) is 0 Å². The predicted molar refractivity (Wildman–Crippen MR) is 118 cm³/mol. The van der Waals surface area contributed by atoms with Crippen molar-refractivity contribution in [2.24, 2.45) is 5.10 Å². The van der Waals surface area contributed by atoms with Crippen LogP contribution in [0, 0.1) is 13.8 Å². The van der Waals surface area contributed by atoms with Gasteiger partial charge in [-0.3, -0.25) is 4.79 Å². The molecule has 7 heteroatoms. The summed E-state index contributed by atoms with van der Waals surface area (Å²) in [7, 11) is 0. The number of para-hydroxylation sites is 1. The van der Waals surface area contributed by atoms with E-state index in [9.17, 15) is 9.59 Å². The third-order valence-corrected chi connectivity index (χ3v) is 5.22. The highest BCUT2D eigenvalue weighted by molar-refractivity contribution is 6.03. The van der Waals surface area contributed by atoms with Gasteiger partial charge in [0.15, 0.2) is 13.2 Å². The second-order valence-corrected chi connectivity index (χ2v) is 7.60. The average Bonchev–Trinajstić information content (AvgIpc) is 3.47. The van der Waals surface area contributed by atoms with E-state index in [1.165, 1.54) is 5.01 Å². The largest absolute Gasteiger partial charge is 0.482 e. The fourth-order valence-electron chi connectivity index (χ4n) is 3.47. The molecule has 0 saturated carbocycles. The van der Waals surface area contributed by atoms with E-state index in [0.29, 0.717) is 17.9 Å². The summed E-state index contributed by atoms with van der Waals surface area (Å²) >= 11 is 0. The first kappa shape index (κ1) is 21.4. The molecule has 0 saturated heterocycles. The lowest BCUT2D eigenvalue weighted by Gasteiger charge is -2.19. The Balaban J connectivity index is 1.41. The Labute approximate surface area is 186 Å². The Morgan fingerprint density at radius 1 is 1.03 bits per heavy atom. The first-order valence-corrected chi connectivity index (χ1v) is 10.4. The number of hydrazone groups is 1. The molecule has 1 atom stereocenters. The molecule has 0 aliphatic carbocycles. The minimum atomic E-state index is -0.627. The Morgan fingerprint density at radius 2 is 1.81 bits per heavy atom. The zero-order valence-corrected chi connectivity index (χ0v) is 18.0. The summed E-state index contributed by atoms with van der Waals surface area (Å²) in [6.07, 6.45) is 2.07. The van der Waals surface area contributed by atoms with E-state index in [2.05, 4.69) is 5.10 Å². The van der Waals surface area contributed by atoms with Crippen molar-refractivity contribution in [3.63, 3.8) is 0 Å². The van der Waals surface area contributed by atoms with Crippen molar-refractivity contribution in [3.05, 3.63) is 89.4 Å². The fourth-order valence-corrected chi connectivity index (χ4v) is 3.47. The lowest BCUT2D eigenvalue weighted by atomic mass is 10.0. The van der Waals surface area contributed by atoms with E-state index in [0.717, 1.165) is 22.4 Å². The Morgan fingerprint density at radius 3 is 2.53 bits per heavy atom. The number of aryl methyl sites for hydroxylation is 2. The highest BCUT2D eigenvalue weighted by Gasteiger charge is 2.35. The van der Waals surface area contributed by atoms with E-state index in [1.807, 2.05) is 56.3 Å². The van der Waals surface area contributed by atoms with Crippen molar-refractivity contribution < 1.29 is 23.5 Å². The molecule has 0 bridgehead atoms. The summed E-state index contributed by atoms with van der Waals surface area (Å²) in [4.78, 5) is 25.0. The van der Waals surface area contributed by atoms with Gasteiger partial charge in [0.25, 0.3) is 5.91 Å². The molecule has 0 unspecified atom stereocenters. The number of benzene rings is 2. The van der Waals surface area contributed by atoms with Gasteiger partial charge in [0, 0.05) is 6.42 Å². The molecule has 0 spiro atoms. The van der Waals surface area contributed by atoms with Crippen LogP contribution in [-0.2, 0) is 14.3 Å². The maximum atomic E-state index is 12.9. The summed E-state index contributed by atoms with van der Waals surface area (Å²) in [5, 5.41) is 5.86. The number of esters is 1. The van der Waals surface area contributed by atoms with Crippen LogP contribution in [0.5, 0.6) is 5.75 Å². The number of hydrogen-bond donors (Lipinski definition) is 0. The molecule has 1 aliphatic rings. The van der Waals surface area contributed by atoms with Gasteiger partial charge in [-0.1, -0.05) is 48.0 Å². The van der Waals surface area contributed by atoms with Crippen LogP contribution < -0.4 is 4.74 Å². The zero-order valence-electron chi connectivity index (χ0n) is 18.0. The molecule has 0 N–H and O–H groups in total. The number of hydrogen-bond acceptors (Lipinski definition) is 6. The summed E-state index contributed by atoms with van der Waals surface area (Å²) in [6.45, 7) is 3.18. The molecule has 164 valence electrons. The van der Waals surface area contributed by atoms with Gasteiger partial charge in [-0.25, -0.2) is 9.80 Å². The van der Waals surface area contributed by atoms with Gasteiger partial charge < -0.3 is 13.9 Å². The third kappa shape index (κ3) is 4.88. The first-order valence-electron chi connectivity index (χ1n) is 10.4. The van der Waals surface area contributed by atoms with Crippen molar-refractivity contribution >= 4 is 17.6 Å². The number of carbonyl (C=O) groups is 2. The number of carbonyl (C=O) groups excluding carboxylic acids is 2. The summed E-state index contributed by atoms with van der Waals surface area (Å²) in [6, 6.07) is 18.5. The Bertz CT molecular complexity index is 1120.